The number of rotatable bonds is 2. The number of oxazole rings is 1. The first kappa shape index (κ1) is 15.7. The molecule has 0 radical (unpaired) electrons. The number of imidazole rings is 1. The molecule has 4 aromatic rings. The van der Waals surface area contributed by atoms with Gasteiger partial charge in [0.1, 0.15) is 6.04 Å². The lowest BCUT2D eigenvalue weighted by atomic mass is 9.92. The summed E-state index contributed by atoms with van der Waals surface area (Å²) < 4.78 is 5.26. The van der Waals surface area contributed by atoms with Crippen LogP contribution in [0, 0.1) is 0 Å². The molecule has 3 aromatic heterocycles. The summed E-state index contributed by atoms with van der Waals surface area (Å²) in [4.78, 5) is 31.1. The molecule has 0 spiro atoms. The van der Waals surface area contributed by atoms with Crippen LogP contribution in [-0.4, -0.2) is 37.3 Å². The summed E-state index contributed by atoms with van der Waals surface area (Å²) in [6, 6.07) is 9.71. The van der Waals surface area contributed by atoms with Crippen molar-refractivity contribution in [2.45, 2.75) is 18.9 Å². The van der Waals surface area contributed by atoms with Crippen LogP contribution in [0.4, 0.5) is 0 Å². The van der Waals surface area contributed by atoms with Crippen molar-refractivity contribution in [2.75, 3.05) is 6.54 Å². The molecular weight excluding hydrogens is 342 g/mol. The predicted octanol–water partition coefficient (Wildman–Crippen LogP) is 3.29. The maximum Gasteiger partial charge on any atom is 0.292 e. The van der Waals surface area contributed by atoms with Crippen LogP contribution in [-0.2, 0) is 0 Å². The highest BCUT2D eigenvalue weighted by molar-refractivity contribution is 5.92. The molecule has 27 heavy (non-hydrogen) atoms. The van der Waals surface area contributed by atoms with E-state index >= 15 is 0 Å². The number of H-pyrrole nitrogens is 1. The van der Waals surface area contributed by atoms with Gasteiger partial charge >= 0.3 is 0 Å². The van der Waals surface area contributed by atoms with E-state index in [4.69, 9.17) is 4.42 Å². The van der Waals surface area contributed by atoms with Crippen molar-refractivity contribution in [3.63, 3.8) is 0 Å². The van der Waals surface area contributed by atoms with Crippen LogP contribution in [0.15, 0.2) is 59.9 Å². The lowest BCUT2D eigenvalue weighted by molar-refractivity contribution is 0.0637. The van der Waals surface area contributed by atoms with Gasteiger partial charge in [-0.2, -0.15) is 0 Å². The molecule has 1 aliphatic rings. The van der Waals surface area contributed by atoms with Crippen molar-refractivity contribution < 1.29 is 9.21 Å². The molecular formula is C20H17N5O2. The summed E-state index contributed by atoms with van der Waals surface area (Å²) in [6.07, 6.45) is 6.24. The zero-order valence-electron chi connectivity index (χ0n) is 14.7. The molecule has 5 rings (SSSR count). The molecule has 0 saturated carbocycles. The number of benzene rings is 1. The molecule has 1 amide bonds. The molecule has 0 fully saturated rings. The van der Waals surface area contributed by atoms with Gasteiger partial charge in [0.25, 0.3) is 5.91 Å². The van der Waals surface area contributed by atoms with E-state index in [0.717, 1.165) is 27.9 Å². The molecule has 1 N–H and O–H groups in total. The van der Waals surface area contributed by atoms with Gasteiger partial charge in [-0.15, -0.1) is 0 Å². The standard InChI is InChI=1S/C20H17N5O2/c1-12-9-25(20(26)16-8-21-11-27-16)19(18-17(12)23-10-24-18)15-6-13-4-2-3-5-14(13)7-22-15/h2-8,10-12,19H,9H2,1H3,(H,23,24)/t12-,19-/m0/s1. The maximum absolute atomic E-state index is 13.1. The normalized spacial score (nSPS) is 19.2. The van der Waals surface area contributed by atoms with Gasteiger partial charge in [-0.25, -0.2) is 9.97 Å². The lowest BCUT2D eigenvalue weighted by Crippen LogP contribution is -2.42. The number of amides is 1. The zero-order valence-corrected chi connectivity index (χ0v) is 14.7. The second-order valence-electron chi connectivity index (χ2n) is 6.78. The first-order valence-corrected chi connectivity index (χ1v) is 8.79. The quantitative estimate of drug-likeness (QED) is 0.593. The molecule has 0 bridgehead atoms. The fraction of sp³-hybridized carbons (Fsp3) is 0.200. The van der Waals surface area contributed by atoms with Crippen LogP contribution in [0.5, 0.6) is 0 Å². The van der Waals surface area contributed by atoms with Crippen molar-refractivity contribution in [3.8, 4) is 0 Å². The third-order valence-corrected chi connectivity index (χ3v) is 5.06. The molecule has 7 heteroatoms. The second-order valence-corrected chi connectivity index (χ2v) is 6.78. The number of carbonyl (C=O) groups is 1. The number of nitrogens with zero attached hydrogens (tertiary/aromatic N) is 4. The Morgan fingerprint density at radius 3 is 2.89 bits per heavy atom. The Morgan fingerprint density at radius 1 is 1.22 bits per heavy atom. The molecule has 1 aliphatic heterocycles. The van der Waals surface area contributed by atoms with Crippen LogP contribution < -0.4 is 0 Å². The van der Waals surface area contributed by atoms with Gasteiger partial charge in [-0.05, 0) is 11.5 Å². The van der Waals surface area contributed by atoms with Crippen molar-refractivity contribution in [3.05, 3.63) is 78.3 Å². The van der Waals surface area contributed by atoms with Crippen LogP contribution in [0.25, 0.3) is 10.8 Å². The number of hydrogen-bond acceptors (Lipinski definition) is 5. The number of aromatic amines is 1. The maximum atomic E-state index is 13.1. The molecule has 2 atom stereocenters. The van der Waals surface area contributed by atoms with Crippen molar-refractivity contribution in [2.24, 2.45) is 0 Å². The summed E-state index contributed by atoms with van der Waals surface area (Å²) in [5.74, 6) is 0.116. The van der Waals surface area contributed by atoms with Crippen molar-refractivity contribution >= 4 is 16.7 Å². The Morgan fingerprint density at radius 2 is 2.07 bits per heavy atom. The number of carbonyl (C=O) groups excluding carboxylic acids is 1. The Kier molecular flexibility index (Phi) is 3.53. The SMILES string of the molecule is C[C@H]1CN(C(=O)c2cnco2)[C@@H](c2cc3ccccc3cn2)c2[nH]cnc21. The first-order chi connectivity index (χ1) is 13.2. The van der Waals surface area contributed by atoms with Gasteiger partial charge in [0.2, 0.25) is 5.76 Å². The van der Waals surface area contributed by atoms with Gasteiger partial charge in [0.15, 0.2) is 6.39 Å². The lowest BCUT2D eigenvalue weighted by Gasteiger charge is -2.37. The topological polar surface area (TPSA) is 87.9 Å². The highest BCUT2D eigenvalue weighted by atomic mass is 16.3. The predicted molar refractivity (Wildman–Crippen MR) is 98.1 cm³/mol. The van der Waals surface area contributed by atoms with Gasteiger partial charge in [-0.1, -0.05) is 31.2 Å². The number of fused-ring (bicyclic) bond motifs is 2. The smallest absolute Gasteiger partial charge is 0.292 e. The van der Waals surface area contributed by atoms with Gasteiger partial charge in [0.05, 0.1) is 29.6 Å². The average molecular weight is 359 g/mol. The monoisotopic (exact) mass is 359 g/mol. The summed E-state index contributed by atoms with van der Waals surface area (Å²) in [6.45, 7) is 2.58. The molecule has 0 saturated heterocycles. The van der Waals surface area contributed by atoms with Crippen LogP contribution in [0.2, 0.25) is 0 Å². The van der Waals surface area contributed by atoms with E-state index in [9.17, 15) is 4.79 Å². The molecule has 134 valence electrons. The summed E-state index contributed by atoms with van der Waals surface area (Å²) in [5.41, 5.74) is 2.65. The van der Waals surface area contributed by atoms with Crippen LogP contribution in [0.3, 0.4) is 0 Å². The second kappa shape index (κ2) is 6.05. The zero-order chi connectivity index (χ0) is 18.4. The Labute approximate surface area is 155 Å². The minimum Gasteiger partial charge on any atom is -0.438 e. The summed E-state index contributed by atoms with van der Waals surface area (Å²) in [5, 5.41) is 2.14. The Balaban J connectivity index is 1.66. The van der Waals surface area contributed by atoms with Crippen LogP contribution >= 0.6 is 0 Å². The highest BCUT2D eigenvalue weighted by Crippen LogP contribution is 2.38. The van der Waals surface area contributed by atoms with E-state index in [-0.39, 0.29) is 23.6 Å². The summed E-state index contributed by atoms with van der Waals surface area (Å²) >= 11 is 0. The van der Waals surface area contributed by atoms with Crippen molar-refractivity contribution in [1.82, 2.24) is 24.8 Å². The van der Waals surface area contributed by atoms with Gasteiger partial charge < -0.3 is 14.3 Å². The van der Waals surface area contributed by atoms with E-state index in [1.807, 2.05) is 36.5 Å². The van der Waals surface area contributed by atoms with E-state index < -0.39 is 0 Å². The average Bonchev–Trinajstić information content (AvgIpc) is 3.39. The van der Waals surface area contributed by atoms with E-state index in [0.29, 0.717) is 6.54 Å². The minimum absolute atomic E-state index is 0.106. The first-order valence-electron chi connectivity index (χ1n) is 8.79. The van der Waals surface area contributed by atoms with Crippen LogP contribution in [0.1, 0.15) is 46.5 Å². The number of hydrogen-bond donors (Lipinski definition) is 1. The van der Waals surface area contributed by atoms with Gasteiger partial charge in [-0.3, -0.25) is 9.78 Å². The van der Waals surface area contributed by atoms with Crippen molar-refractivity contribution in [1.29, 1.82) is 0 Å². The Bertz CT molecular complexity index is 1120. The molecule has 1 aromatic carbocycles. The van der Waals surface area contributed by atoms with E-state index in [1.165, 1.54) is 12.6 Å². The molecule has 0 aliphatic carbocycles. The summed E-state index contributed by atoms with van der Waals surface area (Å²) in [7, 11) is 0. The number of aromatic nitrogens is 4. The number of pyridine rings is 1. The van der Waals surface area contributed by atoms with E-state index in [1.54, 1.807) is 11.2 Å². The fourth-order valence-corrected chi connectivity index (χ4v) is 3.79. The van der Waals surface area contributed by atoms with E-state index in [2.05, 4.69) is 26.9 Å². The van der Waals surface area contributed by atoms with Gasteiger partial charge in [0, 0.05) is 24.0 Å². The minimum atomic E-state index is -0.360. The molecule has 0 unspecified atom stereocenters. The highest BCUT2D eigenvalue weighted by Gasteiger charge is 2.39. The third-order valence-electron chi connectivity index (χ3n) is 5.06. The number of nitrogens with one attached hydrogen (secondary N) is 1. The Hall–Kier alpha value is -3.48. The largest absolute Gasteiger partial charge is 0.438 e. The molecule has 4 heterocycles. The molecule has 7 nitrogen and oxygen atoms in total. The fourth-order valence-electron chi connectivity index (χ4n) is 3.79. The third kappa shape index (κ3) is 2.51.